The SMILES string of the molecule is CNCCc1cc(Br)cc(C#Cc2cccc(C#Cc3cc(Br)cc(CCN=C(N)N)c3)c2)c1. The molecule has 4 nitrogen and oxygen atoms in total. The largest absolute Gasteiger partial charge is 0.370 e. The fourth-order valence-corrected chi connectivity index (χ4v) is 4.36. The van der Waals surface area contributed by atoms with Crippen LogP contribution in [-0.4, -0.2) is 26.1 Å². The summed E-state index contributed by atoms with van der Waals surface area (Å²) in [5.41, 5.74) is 16.9. The number of benzene rings is 3. The molecule has 0 atom stereocenters. The van der Waals surface area contributed by atoms with Gasteiger partial charge in [-0.1, -0.05) is 61.6 Å². The monoisotopic (exact) mass is 576 g/mol. The van der Waals surface area contributed by atoms with Gasteiger partial charge in [0.25, 0.3) is 0 Å². The third-order valence-corrected chi connectivity index (χ3v) is 5.75. The lowest BCUT2D eigenvalue weighted by Gasteiger charge is -2.03. The molecule has 0 spiro atoms. The quantitative estimate of drug-likeness (QED) is 0.228. The number of hydrogen-bond acceptors (Lipinski definition) is 2. The molecular formula is C28H26Br2N4. The van der Waals surface area contributed by atoms with E-state index in [-0.39, 0.29) is 5.96 Å². The minimum absolute atomic E-state index is 0.104. The minimum atomic E-state index is 0.104. The number of nitrogens with two attached hydrogens (primary N) is 2. The topological polar surface area (TPSA) is 76.4 Å². The van der Waals surface area contributed by atoms with E-state index in [0.717, 1.165) is 56.1 Å². The summed E-state index contributed by atoms with van der Waals surface area (Å²) >= 11 is 7.15. The number of aliphatic imine (C=N–C) groups is 1. The fourth-order valence-electron chi connectivity index (χ4n) is 3.28. The Kier molecular flexibility index (Phi) is 9.79. The van der Waals surface area contributed by atoms with Crippen LogP contribution in [0, 0.1) is 23.7 Å². The van der Waals surface area contributed by atoms with Crippen LogP contribution in [0.3, 0.4) is 0 Å². The molecule has 0 heterocycles. The molecule has 0 aliphatic heterocycles. The van der Waals surface area contributed by atoms with E-state index in [1.807, 2.05) is 43.4 Å². The van der Waals surface area contributed by atoms with E-state index in [9.17, 15) is 0 Å². The fraction of sp³-hybridized carbons (Fsp3) is 0.179. The van der Waals surface area contributed by atoms with Crippen LogP contribution in [0.15, 0.2) is 74.6 Å². The van der Waals surface area contributed by atoms with E-state index >= 15 is 0 Å². The molecular weight excluding hydrogens is 552 g/mol. The highest BCUT2D eigenvalue weighted by molar-refractivity contribution is 9.10. The molecule has 0 saturated heterocycles. The van der Waals surface area contributed by atoms with Crippen molar-refractivity contribution in [3.8, 4) is 23.7 Å². The van der Waals surface area contributed by atoms with Gasteiger partial charge in [0.1, 0.15) is 0 Å². The van der Waals surface area contributed by atoms with Crippen molar-refractivity contribution in [3.63, 3.8) is 0 Å². The number of rotatable bonds is 6. The number of nitrogens with zero attached hydrogens (tertiary/aromatic N) is 1. The zero-order valence-corrected chi connectivity index (χ0v) is 22.1. The number of halogens is 2. The summed E-state index contributed by atoms with van der Waals surface area (Å²) in [6, 6.07) is 20.4. The smallest absolute Gasteiger partial charge is 0.185 e. The molecule has 3 aromatic carbocycles. The lowest BCUT2D eigenvalue weighted by Crippen LogP contribution is -2.23. The third-order valence-electron chi connectivity index (χ3n) is 4.84. The maximum absolute atomic E-state index is 5.41. The van der Waals surface area contributed by atoms with Gasteiger partial charge in [-0.25, -0.2) is 0 Å². The van der Waals surface area contributed by atoms with Crippen LogP contribution >= 0.6 is 31.9 Å². The molecule has 0 fully saturated rings. The lowest BCUT2D eigenvalue weighted by atomic mass is 10.1. The average molecular weight is 578 g/mol. The Hall–Kier alpha value is -3.03. The Morgan fingerprint density at radius 3 is 1.82 bits per heavy atom. The molecule has 172 valence electrons. The highest BCUT2D eigenvalue weighted by atomic mass is 79.9. The van der Waals surface area contributed by atoms with E-state index in [4.69, 9.17) is 11.5 Å². The molecule has 0 saturated carbocycles. The Morgan fingerprint density at radius 2 is 1.29 bits per heavy atom. The van der Waals surface area contributed by atoms with E-state index in [0.29, 0.717) is 6.54 Å². The predicted molar refractivity (Wildman–Crippen MR) is 149 cm³/mol. The molecule has 0 aliphatic carbocycles. The summed E-state index contributed by atoms with van der Waals surface area (Å²) in [5.74, 6) is 13.1. The van der Waals surface area contributed by atoms with Crippen LogP contribution in [0.5, 0.6) is 0 Å². The molecule has 0 bridgehead atoms. The first-order chi connectivity index (χ1) is 16.4. The summed E-state index contributed by atoms with van der Waals surface area (Å²) in [7, 11) is 1.96. The van der Waals surface area contributed by atoms with Crippen LogP contribution in [0.2, 0.25) is 0 Å². The lowest BCUT2D eigenvalue weighted by molar-refractivity contribution is 0.791. The van der Waals surface area contributed by atoms with Crippen LogP contribution in [-0.2, 0) is 12.8 Å². The first-order valence-corrected chi connectivity index (χ1v) is 12.4. The van der Waals surface area contributed by atoms with E-state index in [1.165, 1.54) is 5.56 Å². The molecule has 0 amide bonds. The maximum Gasteiger partial charge on any atom is 0.185 e. The first kappa shape index (κ1) is 25.6. The molecule has 0 aliphatic rings. The van der Waals surface area contributed by atoms with Gasteiger partial charge < -0.3 is 16.8 Å². The molecule has 34 heavy (non-hydrogen) atoms. The van der Waals surface area contributed by atoms with Gasteiger partial charge in [0.2, 0.25) is 0 Å². The second-order valence-corrected chi connectivity index (χ2v) is 9.52. The number of guanidine groups is 1. The van der Waals surface area contributed by atoms with Gasteiger partial charge in [-0.15, -0.1) is 0 Å². The van der Waals surface area contributed by atoms with Crippen molar-refractivity contribution in [3.05, 3.63) is 103 Å². The Bertz CT molecular complexity index is 1300. The van der Waals surface area contributed by atoms with Crippen molar-refractivity contribution >= 4 is 37.8 Å². The van der Waals surface area contributed by atoms with E-state index < -0.39 is 0 Å². The van der Waals surface area contributed by atoms with Crippen molar-refractivity contribution < 1.29 is 0 Å². The van der Waals surface area contributed by atoms with Gasteiger partial charge >= 0.3 is 0 Å². The Balaban J connectivity index is 1.77. The standard InChI is InChI=1S/C28H26Br2N4/c1-33-11-9-24-14-22(16-26(29)18-24)7-5-20-3-2-4-21(13-20)6-8-23-15-25(19-27(30)17-23)10-12-34-28(31)32/h2-4,13-19,33H,9-12H2,1H3,(H4,31,32,34). The van der Waals surface area contributed by atoms with Crippen LogP contribution in [0.25, 0.3) is 0 Å². The first-order valence-electron chi connectivity index (χ1n) is 10.8. The second-order valence-electron chi connectivity index (χ2n) is 7.69. The number of hydrogen-bond donors (Lipinski definition) is 3. The predicted octanol–water partition coefficient (Wildman–Crippen LogP) is 4.59. The molecule has 3 aromatic rings. The van der Waals surface area contributed by atoms with Crippen LogP contribution in [0.4, 0.5) is 0 Å². The zero-order valence-electron chi connectivity index (χ0n) is 19.0. The summed E-state index contributed by atoms with van der Waals surface area (Å²) in [4.78, 5) is 4.05. The molecule has 5 N–H and O–H groups in total. The molecule has 6 heteroatoms. The molecule has 0 radical (unpaired) electrons. The van der Waals surface area contributed by atoms with E-state index in [2.05, 4.69) is 90.1 Å². The molecule has 0 aromatic heterocycles. The maximum atomic E-state index is 5.41. The highest BCUT2D eigenvalue weighted by Crippen LogP contribution is 2.17. The van der Waals surface area contributed by atoms with Crippen molar-refractivity contribution in [2.45, 2.75) is 12.8 Å². The van der Waals surface area contributed by atoms with Crippen LogP contribution < -0.4 is 16.8 Å². The average Bonchev–Trinajstić information content (AvgIpc) is 2.79. The Morgan fingerprint density at radius 1 is 0.765 bits per heavy atom. The van der Waals surface area contributed by atoms with Crippen molar-refractivity contribution in [2.24, 2.45) is 16.5 Å². The second kappa shape index (κ2) is 13.0. The van der Waals surface area contributed by atoms with Gasteiger partial charge in [-0.05, 0) is 92.2 Å². The Labute approximate surface area is 218 Å². The summed E-state index contributed by atoms with van der Waals surface area (Å²) in [5, 5.41) is 3.18. The highest BCUT2D eigenvalue weighted by Gasteiger charge is 2.00. The third kappa shape index (κ3) is 8.72. The minimum Gasteiger partial charge on any atom is -0.370 e. The summed E-state index contributed by atoms with van der Waals surface area (Å²) in [6.07, 6.45) is 1.70. The van der Waals surface area contributed by atoms with Gasteiger partial charge in [-0.3, -0.25) is 4.99 Å². The van der Waals surface area contributed by atoms with E-state index in [1.54, 1.807) is 0 Å². The van der Waals surface area contributed by atoms with Gasteiger partial charge in [-0.2, -0.15) is 0 Å². The normalized spacial score (nSPS) is 9.97. The molecule has 3 rings (SSSR count). The molecule has 0 unspecified atom stereocenters. The summed E-state index contributed by atoms with van der Waals surface area (Å²) < 4.78 is 2.01. The van der Waals surface area contributed by atoms with Gasteiger partial charge in [0.05, 0.1) is 0 Å². The van der Waals surface area contributed by atoms with Gasteiger partial charge in [0, 0.05) is 37.7 Å². The van der Waals surface area contributed by atoms with Crippen molar-refractivity contribution in [1.29, 1.82) is 0 Å². The number of likely N-dealkylation sites (N-methyl/N-ethyl adjacent to an activating group) is 1. The van der Waals surface area contributed by atoms with Crippen LogP contribution in [0.1, 0.15) is 33.4 Å². The summed E-state index contributed by atoms with van der Waals surface area (Å²) in [6.45, 7) is 1.47. The van der Waals surface area contributed by atoms with Crippen molar-refractivity contribution in [1.82, 2.24) is 5.32 Å². The van der Waals surface area contributed by atoms with Gasteiger partial charge in [0.15, 0.2) is 5.96 Å². The van der Waals surface area contributed by atoms with Crippen molar-refractivity contribution in [2.75, 3.05) is 20.1 Å². The number of nitrogens with one attached hydrogen (secondary N) is 1. The zero-order chi connectivity index (χ0) is 24.3.